The Labute approximate surface area is 259 Å². The van der Waals surface area contributed by atoms with Gasteiger partial charge in [-0.3, -0.25) is 4.98 Å². The van der Waals surface area contributed by atoms with Gasteiger partial charge in [-0.15, -0.1) is 0 Å². The third-order valence-corrected chi connectivity index (χ3v) is 8.43. The van der Waals surface area contributed by atoms with E-state index >= 15 is 0 Å². The molecule has 0 aliphatic carbocycles. The molecule has 8 heterocycles. The molecular weight excluding hydrogens is 572 g/mol. The summed E-state index contributed by atoms with van der Waals surface area (Å²) in [5.41, 5.74) is 4.59. The van der Waals surface area contributed by atoms with Gasteiger partial charge in [-0.25, -0.2) is 29.1 Å². The highest BCUT2D eigenvalue weighted by atomic mass is 15.3. The first kappa shape index (κ1) is 24.7. The van der Waals surface area contributed by atoms with E-state index in [4.69, 9.17) is 34.9 Å². The second-order valence-corrected chi connectivity index (χ2v) is 11.0. The maximum absolute atomic E-state index is 5.08. The highest BCUT2D eigenvalue weighted by Gasteiger charge is 2.22. The number of pyridine rings is 5. The molecule has 214 valence electrons. The van der Waals surface area contributed by atoms with E-state index in [2.05, 4.69) is 35.3 Å². The molecule has 0 aliphatic heterocycles. The van der Waals surface area contributed by atoms with E-state index < -0.39 is 0 Å². The summed E-state index contributed by atoms with van der Waals surface area (Å²) >= 11 is 0. The first-order chi connectivity index (χ1) is 22.8. The number of aromatic nitrogens is 10. The van der Waals surface area contributed by atoms with Crippen LogP contribution in [0.5, 0.6) is 0 Å². The summed E-state index contributed by atoms with van der Waals surface area (Å²) in [6.45, 7) is 0. The van der Waals surface area contributed by atoms with Crippen molar-refractivity contribution >= 4 is 65.8 Å². The van der Waals surface area contributed by atoms with E-state index in [0.29, 0.717) is 40.3 Å². The highest BCUT2D eigenvalue weighted by Crippen LogP contribution is 2.33. The minimum absolute atomic E-state index is 0.388. The Morgan fingerprint density at radius 1 is 0.391 bits per heavy atom. The smallest absolute Gasteiger partial charge is 0.242 e. The number of rotatable bonds is 3. The fraction of sp³-hybridized carbons (Fsp3) is 0. The van der Waals surface area contributed by atoms with Crippen LogP contribution >= 0.6 is 0 Å². The molecule has 2 aromatic carbocycles. The maximum atomic E-state index is 5.08. The average molecular weight is 593 g/mol. The van der Waals surface area contributed by atoms with Crippen molar-refractivity contribution in [2.45, 2.75) is 0 Å². The van der Waals surface area contributed by atoms with Crippen molar-refractivity contribution < 1.29 is 0 Å². The van der Waals surface area contributed by atoms with Crippen LogP contribution in [-0.2, 0) is 0 Å². The Morgan fingerprint density at radius 3 is 1.41 bits per heavy atom. The molecule has 10 heteroatoms. The monoisotopic (exact) mass is 592 g/mol. The topological polar surface area (TPSA) is 113 Å². The van der Waals surface area contributed by atoms with Crippen molar-refractivity contribution in [2.75, 3.05) is 0 Å². The van der Waals surface area contributed by atoms with E-state index in [1.54, 1.807) is 24.8 Å². The summed E-state index contributed by atoms with van der Waals surface area (Å²) in [5.74, 6) is 1.27. The van der Waals surface area contributed by atoms with Gasteiger partial charge in [0.05, 0.1) is 5.52 Å². The van der Waals surface area contributed by atoms with Crippen LogP contribution in [0.1, 0.15) is 0 Å². The lowest BCUT2D eigenvalue weighted by Gasteiger charge is -2.12. The lowest BCUT2D eigenvalue weighted by molar-refractivity contribution is 0.875. The van der Waals surface area contributed by atoms with Crippen LogP contribution in [0, 0.1) is 0 Å². The molecule has 0 bridgehead atoms. The van der Waals surface area contributed by atoms with Gasteiger partial charge in [-0.1, -0.05) is 30.3 Å². The normalized spacial score (nSPS) is 11.9. The summed E-state index contributed by atoms with van der Waals surface area (Å²) in [6.07, 6.45) is 8.89. The largest absolute Gasteiger partial charge is 0.256 e. The molecule has 0 N–H and O–H groups in total. The fourth-order valence-electron chi connectivity index (χ4n) is 6.42. The third kappa shape index (κ3) is 3.52. The number of benzene rings is 2. The maximum Gasteiger partial charge on any atom is 0.242 e. The second-order valence-electron chi connectivity index (χ2n) is 11.0. The molecule has 46 heavy (non-hydrogen) atoms. The predicted molar refractivity (Wildman–Crippen MR) is 178 cm³/mol. The molecule has 10 nitrogen and oxygen atoms in total. The van der Waals surface area contributed by atoms with E-state index in [9.17, 15) is 0 Å². The summed E-state index contributed by atoms with van der Waals surface area (Å²) in [6, 6.07) is 30.3. The molecule has 0 fully saturated rings. The van der Waals surface area contributed by atoms with Gasteiger partial charge >= 0.3 is 0 Å². The van der Waals surface area contributed by atoms with E-state index in [1.807, 2.05) is 76.0 Å². The molecule has 0 saturated heterocycles. The van der Waals surface area contributed by atoms with E-state index in [0.717, 1.165) is 48.8 Å². The Morgan fingerprint density at radius 2 is 0.870 bits per heavy atom. The molecule has 0 spiro atoms. The molecule has 0 amide bonds. The van der Waals surface area contributed by atoms with Crippen molar-refractivity contribution in [1.82, 2.24) is 49.0 Å². The van der Waals surface area contributed by atoms with Crippen LogP contribution in [0.15, 0.2) is 122 Å². The van der Waals surface area contributed by atoms with Gasteiger partial charge in [0.15, 0.2) is 5.82 Å². The lowest BCUT2D eigenvalue weighted by atomic mass is 10.0. The van der Waals surface area contributed by atoms with Crippen LogP contribution in [0.3, 0.4) is 0 Å². The molecule has 0 atom stereocenters. The molecule has 10 aromatic rings. The standard InChI is InChI=1S/C36H20N10/c1-6-21-11-12-22-20-23(13-14-24(22)29(21)37-15-1)30-42-35(45-31-25(7-2-16-38-31)26-8-3-17-39-32(26)45)44-36(43-30)46-33-27(9-4-18-40-33)28-10-5-19-41-34(28)46/h1-20H. The number of nitrogens with zero attached hydrogens (tertiary/aromatic N) is 10. The van der Waals surface area contributed by atoms with Crippen molar-refractivity contribution in [3.63, 3.8) is 0 Å². The zero-order valence-corrected chi connectivity index (χ0v) is 24.0. The SMILES string of the molecule is c1cnc2c(c1)ccc1cc(-c3nc(-n4c5ncccc5c5cccnc54)nc(-n4c5ncccc5c5cccnc54)n3)ccc12. The van der Waals surface area contributed by atoms with Gasteiger partial charge in [0.2, 0.25) is 11.9 Å². The van der Waals surface area contributed by atoms with Crippen molar-refractivity contribution in [2.24, 2.45) is 0 Å². The molecule has 0 radical (unpaired) electrons. The third-order valence-electron chi connectivity index (χ3n) is 8.43. The van der Waals surface area contributed by atoms with Crippen molar-refractivity contribution in [3.8, 4) is 23.3 Å². The summed E-state index contributed by atoms with van der Waals surface area (Å²) in [5, 5.41) is 7.01. The highest BCUT2D eigenvalue weighted by molar-refractivity contribution is 6.08. The Bertz CT molecular complexity index is 2600. The van der Waals surface area contributed by atoms with Gasteiger partial charge in [-0.2, -0.15) is 15.0 Å². The molecule has 0 unspecified atom stereocenters. The molecular formula is C36H20N10. The average Bonchev–Trinajstić information content (AvgIpc) is 3.64. The first-order valence-corrected chi connectivity index (χ1v) is 14.8. The lowest BCUT2D eigenvalue weighted by Crippen LogP contribution is -2.11. The Kier molecular flexibility index (Phi) is 5.06. The number of hydrogen-bond acceptors (Lipinski definition) is 8. The summed E-state index contributed by atoms with van der Waals surface area (Å²) in [7, 11) is 0. The van der Waals surface area contributed by atoms with Crippen molar-refractivity contribution in [3.05, 3.63) is 122 Å². The van der Waals surface area contributed by atoms with E-state index in [-0.39, 0.29) is 0 Å². The first-order valence-electron chi connectivity index (χ1n) is 14.8. The number of hydrogen-bond donors (Lipinski definition) is 0. The minimum Gasteiger partial charge on any atom is -0.256 e. The second kappa shape index (κ2) is 9.41. The van der Waals surface area contributed by atoms with Gasteiger partial charge in [0, 0.05) is 68.9 Å². The summed E-state index contributed by atoms with van der Waals surface area (Å²) in [4.78, 5) is 38.9. The molecule has 10 rings (SSSR count). The van der Waals surface area contributed by atoms with Gasteiger partial charge in [-0.05, 0) is 66.0 Å². The predicted octanol–water partition coefficient (Wildman–Crippen LogP) is 7.01. The Hall–Kier alpha value is -6.68. The number of fused-ring (bicyclic) bond motifs is 9. The Balaban J connectivity index is 1.30. The molecule has 0 aliphatic rings. The quantitative estimate of drug-likeness (QED) is 0.201. The zero-order valence-electron chi connectivity index (χ0n) is 24.0. The molecule has 0 saturated carbocycles. The van der Waals surface area contributed by atoms with Crippen LogP contribution in [0.25, 0.3) is 89.1 Å². The fourth-order valence-corrected chi connectivity index (χ4v) is 6.42. The van der Waals surface area contributed by atoms with E-state index in [1.165, 1.54) is 0 Å². The minimum atomic E-state index is 0.388. The van der Waals surface area contributed by atoms with Gasteiger partial charge in [0.1, 0.15) is 22.6 Å². The van der Waals surface area contributed by atoms with Crippen molar-refractivity contribution in [1.29, 1.82) is 0 Å². The van der Waals surface area contributed by atoms with Gasteiger partial charge < -0.3 is 0 Å². The molecule has 8 aromatic heterocycles. The van der Waals surface area contributed by atoms with Gasteiger partial charge in [0.25, 0.3) is 0 Å². The van der Waals surface area contributed by atoms with Crippen LogP contribution in [-0.4, -0.2) is 49.0 Å². The van der Waals surface area contributed by atoms with Crippen LogP contribution < -0.4 is 0 Å². The van der Waals surface area contributed by atoms with Crippen LogP contribution in [0.2, 0.25) is 0 Å². The zero-order chi connectivity index (χ0) is 30.2. The summed E-state index contributed by atoms with van der Waals surface area (Å²) < 4.78 is 3.79. The van der Waals surface area contributed by atoms with Crippen LogP contribution in [0.4, 0.5) is 0 Å².